The molecular weight excluding hydrogens is 352 g/mol. The molecule has 2 aromatic carbocycles. The maximum absolute atomic E-state index is 9.58. The average molecular weight is 385 g/mol. The van der Waals surface area contributed by atoms with Crippen molar-refractivity contribution in [1.29, 1.82) is 0 Å². The van der Waals surface area contributed by atoms with Crippen molar-refractivity contribution in [2.75, 3.05) is 40.5 Å². The number of aryl methyl sites for hydroxylation is 1. The van der Waals surface area contributed by atoms with Gasteiger partial charge in [-0.15, -0.1) is 0 Å². The van der Waals surface area contributed by atoms with Gasteiger partial charge >= 0.3 is 0 Å². The summed E-state index contributed by atoms with van der Waals surface area (Å²) in [6, 6.07) is 15.0. The highest BCUT2D eigenvalue weighted by atomic mass is 16.5. The van der Waals surface area contributed by atoms with Gasteiger partial charge in [-0.2, -0.15) is 0 Å². The number of hydrogen-bond acceptors (Lipinski definition) is 5. The van der Waals surface area contributed by atoms with Crippen LogP contribution in [0.1, 0.15) is 23.1 Å². The van der Waals surface area contributed by atoms with Gasteiger partial charge in [0.1, 0.15) is 11.5 Å². The predicted octanol–water partition coefficient (Wildman–Crippen LogP) is 3.08. The Balaban J connectivity index is 1.64. The summed E-state index contributed by atoms with van der Waals surface area (Å²) in [5.41, 5.74) is 3.72. The van der Waals surface area contributed by atoms with E-state index in [2.05, 4.69) is 41.0 Å². The first-order valence-corrected chi connectivity index (χ1v) is 9.96. The van der Waals surface area contributed by atoms with Crippen LogP contribution < -0.4 is 9.47 Å². The molecule has 3 rings (SSSR count). The normalized spacial score (nSPS) is 18.2. The topological polar surface area (TPSA) is 45.2 Å². The SMILES string of the molecule is COc1cccc(CN2CCN(Cc3ccc(OC)c(C)c3)C(CCO)C2)c1. The molecule has 0 saturated carbocycles. The molecule has 0 aromatic heterocycles. The third kappa shape index (κ3) is 5.25. The van der Waals surface area contributed by atoms with Crippen LogP contribution in [-0.2, 0) is 13.1 Å². The highest BCUT2D eigenvalue weighted by Gasteiger charge is 2.26. The molecule has 1 aliphatic heterocycles. The maximum Gasteiger partial charge on any atom is 0.121 e. The summed E-state index contributed by atoms with van der Waals surface area (Å²) in [6.45, 7) is 7.10. The fourth-order valence-corrected chi connectivity index (χ4v) is 4.03. The van der Waals surface area contributed by atoms with Gasteiger partial charge in [-0.3, -0.25) is 9.80 Å². The van der Waals surface area contributed by atoms with E-state index in [-0.39, 0.29) is 6.61 Å². The van der Waals surface area contributed by atoms with Crippen LogP contribution >= 0.6 is 0 Å². The minimum Gasteiger partial charge on any atom is -0.497 e. The van der Waals surface area contributed by atoms with E-state index < -0.39 is 0 Å². The fourth-order valence-electron chi connectivity index (χ4n) is 4.03. The number of ether oxygens (including phenoxy) is 2. The summed E-state index contributed by atoms with van der Waals surface area (Å²) in [4.78, 5) is 4.98. The zero-order valence-electron chi connectivity index (χ0n) is 17.2. The number of aliphatic hydroxyl groups is 1. The van der Waals surface area contributed by atoms with Crippen molar-refractivity contribution in [2.24, 2.45) is 0 Å². The third-order valence-electron chi connectivity index (χ3n) is 5.54. The molecule has 0 bridgehead atoms. The highest BCUT2D eigenvalue weighted by molar-refractivity contribution is 5.36. The van der Waals surface area contributed by atoms with Crippen LogP contribution in [0.5, 0.6) is 11.5 Å². The summed E-state index contributed by atoms with van der Waals surface area (Å²) < 4.78 is 10.7. The summed E-state index contributed by atoms with van der Waals surface area (Å²) in [5.74, 6) is 1.83. The smallest absolute Gasteiger partial charge is 0.121 e. The Morgan fingerprint density at radius 1 is 1.00 bits per heavy atom. The van der Waals surface area contributed by atoms with E-state index in [1.54, 1.807) is 14.2 Å². The van der Waals surface area contributed by atoms with E-state index >= 15 is 0 Å². The Bertz CT molecular complexity index is 765. The fraction of sp³-hybridized carbons (Fsp3) is 0.478. The molecule has 2 aromatic rings. The molecule has 5 nitrogen and oxygen atoms in total. The Labute approximate surface area is 168 Å². The van der Waals surface area contributed by atoms with Crippen LogP contribution in [0.2, 0.25) is 0 Å². The Hall–Kier alpha value is -2.08. The van der Waals surface area contributed by atoms with Crippen LogP contribution in [-0.4, -0.2) is 61.4 Å². The zero-order chi connectivity index (χ0) is 19.9. The van der Waals surface area contributed by atoms with Gasteiger partial charge in [-0.05, 0) is 48.2 Å². The molecule has 5 heteroatoms. The third-order valence-corrected chi connectivity index (χ3v) is 5.54. The molecule has 1 fully saturated rings. The minimum atomic E-state index is 0.218. The second-order valence-electron chi connectivity index (χ2n) is 7.53. The molecule has 1 atom stereocenters. The zero-order valence-corrected chi connectivity index (χ0v) is 17.2. The van der Waals surface area contributed by atoms with Gasteiger partial charge in [0.15, 0.2) is 0 Å². The first kappa shape index (κ1) is 20.6. The lowest BCUT2D eigenvalue weighted by Crippen LogP contribution is -2.52. The number of benzene rings is 2. The maximum atomic E-state index is 9.58. The molecule has 28 heavy (non-hydrogen) atoms. The second kappa shape index (κ2) is 9.92. The monoisotopic (exact) mass is 384 g/mol. The lowest BCUT2D eigenvalue weighted by atomic mass is 10.0. The van der Waals surface area contributed by atoms with Crippen molar-refractivity contribution in [3.63, 3.8) is 0 Å². The number of methoxy groups -OCH3 is 2. The van der Waals surface area contributed by atoms with Crippen LogP contribution in [0.15, 0.2) is 42.5 Å². The molecule has 1 saturated heterocycles. The van der Waals surface area contributed by atoms with Gasteiger partial charge in [0, 0.05) is 45.4 Å². The molecule has 0 spiro atoms. The second-order valence-corrected chi connectivity index (χ2v) is 7.53. The highest BCUT2D eigenvalue weighted by Crippen LogP contribution is 2.23. The molecule has 1 heterocycles. The van der Waals surface area contributed by atoms with E-state index in [1.807, 2.05) is 18.2 Å². The molecule has 0 radical (unpaired) electrons. The van der Waals surface area contributed by atoms with Gasteiger partial charge in [0.05, 0.1) is 14.2 Å². The van der Waals surface area contributed by atoms with Gasteiger partial charge in [0.2, 0.25) is 0 Å². The first-order valence-electron chi connectivity index (χ1n) is 9.96. The summed E-state index contributed by atoms with van der Waals surface area (Å²) in [6.07, 6.45) is 0.795. The lowest BCUT2D eigenvalue weighted by molar-refractivity contribution is 0.0499. The summed E-state index contributed by atoms with van der Waals surface area (Å²) >= 11 is 0. The van der Waals surface area contributed by atoms with E-state index in [9.17, 15) is 5.11 Å². The van der Waals surface area contributed by atoms with Gasteiger partial charge < -0.3 is 14.6 Å². The molecule has 0 amide bonds. The number of piperazine rings is 1. The van der Waals surface area contributed by atoms with Gasteiger partial charge in [-0.1, -0.05) is 24.3 Å². The van der Waals surface area contributed by atoms with Crippen LogP contribution in [0.3, 0.4) is 0 Å². The van der Waals surface area contributed by atoms with Crippen LogP contribution in [0.25, 0.3) is 0 Å². The lowest BCUT2D eigenvalue weighted by Gasteiger charge is -2.41. The van der Waals surface area contributed by atoms with Crippen LogP contribution in [0.4, 0.5) is 0 Å². The molecule has 1 unspecified atom stereocenters. The van der Waals surface area contributed by atoms with E-state index in [4.69, 9.17) is 9.47 Å². The van der Waals surface area contributed by atoms with Crippen LogP contribution in [0, 0.1) is 6.92 Å². The van der Waals surface area contributed by atoms with Crippen molar-refractivity contribution in [1.82, 2.24) is 9.80 Å². The summed E-state index contributed by atoms with van der Waals surface area (Å²) in [7, 11) is 3.41. The average Bonchev–Trinajstić information content (AvgIpc) is 2.70. The first-order chi connectivity index (χ1) is 13.6. The standard InChI is InChI=1S/C23H32N2O3/c1-18-13-20(7-8-23(18)28-3)16-25-11-10-24(17-21(25)9-12-26)15-19-5-4-6-22(14-19)27-2/h4-8,13-14,21,26H,9-12,15-17H2,1-3H3. The van der Waals surface area contributed by atoms with Crippen molar-refractivity contribution in [3.8, 4) is 11.5 Å². The molecule has 152 valence electrons. The Morgan fingerprint density at radius 3 is 2.54 bits per heavy atom. The van der Waals surface area contributed by atoms with Gasteiger partial charge in [-0.25, -0.2) is 0 Å². The molecule has 1 N–H and O–H groups in total. The van der Waals surface area contributed by atoms with E-state index in [1.165, 1.54) is 11.1 Å². The summed E-state index contributed by atoms with van der Waals surface area (Å²) in [5, 5.41) is 9.58. The van der Waals surface area contributed by atoms with Crippen molar-refractivity contribution >= 4 is 0 Å². The van der Waals surface area contributed by atoms with Crippen molar-refractivity contribution in [2.45, 2.75) is 32.5 Å². The number of rotatable bonds is 8. The van der Waals surface area contributed by atoms with E-state index in [0.29, 0.717) is 6.04 Å². The predicted molar refractivity (Wildman–Crippen MR) is 112 cm³/mol. The number of hydrogen-bond donors (Lipinski definition) is 1. The molecule has 1 aliphatic rings. The Morgan fingerprint density at radius 2 is 1.82 bits per heavy atom. The molecular formula is C23H32N2O3. The van der Waals surface area contributed by atoms with Crippen molar-refractivity contribution < 1.29 is 14.6 Å². The largest absolute Gasteiger partial charge is 0.497 e. The minimum absolute atomic E-state index is 0.218. The van der Waals surface area contributed by atoms with E-state index in [0.717, 1.165) is 56.2 Å². The quantitative estimate of drug-likeness (QED) is 0.758. The molecule has 0 aliphatic carbocycles. The van der Waals surface area contributed by atoms with Crippen molar-refractivity contribution in [3.05, 3.63) is 59.2 Å². The number of aliphatic hydroxyl groups excluding tert-OH is 1. The number of nitrogens with zero attached hydrogens (tertiary/aromatic N) is 2. The van der Waals surface area contributed by atoms with Gasteiger partial charge in [0.25, 0.3) is 0 Å². The Kier molecular flexibility index (Phi) is 7.31.